The minimum absolute atomic E-state index is 0.202. The summed E-state index contributed by atoms with van der Waals surface area (Å²) < 4.78 is 7.50. The summed E-state index contributed by atoms with van der Waals surface area (Å²) in [6.45, 7) is 0. The van der Waals surface area contributed by atoms with Crippen LogP contribution in [0.5, 0.6) is 0 Å². The molecule has 5 aromatic heterocycles. The van der Waals surface area contributed by atoms with Crippen LogP contribution < -0.4 is 0 Å². The third-order valence-corrected chi connectivity index (χ3v) is 14.7. The number of halogens is 1. The van der Waals surface area contributed by atoms with Crippen molar-refractivity contribution >= 4 is 91.6 Å². The predicted molar refractivity (Wildman–Crippen MR) is 288 cm³/mol. The van der Waals surface area contributed by atoms with E-state index in [1.165, 1.54) is 56.9 Å². The number of hydrogen-bond acceptors (Lipinski definition) is 8. The van der Waals surface area contributed by atoms with E-state index in [0.717, 1.165) is 34.2 Å². The molecule has 0 aliphatic heterocycles. The number of nitrogens with zero attached hydrogens (tertiary/aromatic N) is 7. The lowest BCUT2D eigenvalue weighted by atomic mass is 10.1. The molecule has 0 radical (unpaired) electrons. The third-order valence-electron chi connectivity index (χ3n) is 12.1. The highest BCUT2D eigenvalue weighted by Crippen LogP contribution is 2.41. The summed E-state index contributed by atoms with van der Waals surface area (Å²) in [6, 6.07) is 67.9. The van der Waals surface area contributed by atoms with E-state index < -0.39 is 0 Å². The predicted octanol–water partition coefficient (Wildman–Crippen LogP) is 16.0. The lowest BCUT2D eigenvalue weighted by Gasteiger charge is -2.10. The molecular formula is C59H38ClN7S2. The molecule has 69 heavy (non-hydrogen) atoms. The van der Waals surface area contributed by atoms with E-state index in [2.05, 4.69) is 117 Å². The molecule has 0 amide bonds. The van der Waals surface area contributed by atoms with E-state index >= 15 is 0 Å². The molecule has 0 unspecified atom stereocenters. The Labute approximate surface area is 410 Å². The van der Waals surface area contributed by atoms with E-state index in [-0.39, 0.29) is 5.28 Å². The van der Waals surface area contributed by atoms with Crippen LogP contribution >= 0.6 is 34.3 Å². The highest BCUT2D eigenvalue weighted by molar-refractivity contribution is 7.26. The molecule has 0 N–H and O–H groups in total. The average Bonchev–Trinajstić information content (AvgIpc) is 4.24. The van der Waals surface area contributed by atoms with Gasteiger partial charge in [0, 0.05) is 69.5 Å². The number of fused-ring (bicyclic) bond motifs is 10. The largest absolute Gasteiger partial charge is 0.284 e. The van der Waals surface area contributed by atoms with Gasteiger partial charge in [0.2, 0.25) is 11.2 Å². The highest BCUT2D eigenvalue weighted by atomic mass is 35.5. The molecule has 0 bridgehead atoms. The van der Waals surface area contributed by atoms with E-state index in [4.69, 9.17) is 26.6 Å². The number of aromatic nitrogens is 7. The fourth-order valence-electron chi connectivity index (χ4n) is 8.79. The summed E-state index contributed by atoms with van der Waals surface area (Å²) in [4.78, 5) is 27.5. The maximum Gasteiger partial charge on any atom is 0.238 e. The van der Waals surface area contributed by atoms with Gasteiger partial charge >= 0.3 is 0 Å². The Balaban J connectivity index is 0.000000118. The summed E-state index contributed by atoms with van der Waals surface area (Å²) in [5.74, 6) is 3.11. The first-order valence-corrected chi connectivity index (χ1v) is 24.5. The Morgan fingerprint density at radius 3 is 1.39 bits per heavy atom. The van der Waals surface area contributed by atoms with Gasteiger partial charge in [-0.25, -0.2) is 9.97 Å². The second-order valence-electron chi connectivity index (χ2n) is 16.4. The monoisotopic (exact) mass is 943 g/mol. The van der Waals surface area contributed by atoms with Crippen molar-refractivity contribution in [3.8, 4) is 51.5 Å². The minimum Gasteiger partial charge on any atom is -0.284 e. The molecule has 13 aromatic rings. The van der Waals surface area contributed by atoms with Gasteiger partial charge in [-0.05, 0) is 47.3 Å². The topological polar surface area (TPSA) is 82.3 Å². The zero-order valence-electron chi connectivity index (χ0n) is 36.8. The molecule has 8 aromatic carbocycles. The Morgan fingerprint density at radius 2 is 0.855 bits per heavy atom. The molecule has 0 saturated carbocycles. The zero-order valence-corrected chi connectivity index (χ0v) is 39.2. The van der Waals surface area contributed by atoms with Crippen LogP contribution in [0, 0.1) is 0 Å². The molecule has 10 heteroatoms. The first-order chi connectivity index (χ1) is 34.1. The van der Waals surface area contributed by atoms with Crippen LogP contribution in [0.3, 0.4) is 0 Å². The second kappa shape index (κ2) is 18.5. The number of allylic oxidation sites excluding steroid dienone is 1. The van der Waals surface area contributed by atoms with Gasteiger partial charge in [0.15, 0.2) is 23.3 Å². The van der Waals surface area contributed by atoms with Gasteiger partial charge in [0.05, 0.1) is 10.2 Å². The first kappa shape index (κ1) is 42.2. The third kappa shape index (κ3) is 8.33. The lowest BCUT2D eigenvalue weighted by molar-refractivity contribution is 0.935. The van der Waals surface area contributed by atoms with Crippen molar-refractivity contribution in [1.82, 2.24) is 34.5 Å². The molecule has 0 spiro atoms. The summed E-state index contributed by atoms with van der Waals surface area (Å²) >= 11 is 9.73. The standard InChI is InChI=1S/C29H18N4S.C15H10ClN3.C15H10S/c1-3-9-20(10-4-1)27-30-28(21-11-5-2-6-12-21)32-29(31-27)33-18-17-19-15-16-23-22-13-7-8-14-24(22)34-26(23)25(19)33;16-15-18-13(11-7-3-1-4-8-11)17-14(19-15)12-9-5-2-6-10-12;1-2-7-14-12(5-1)13-9-8-10-4-3-6-11(10)15(13)16-14/h1-18H;1-10H;1-5,7-9H,6H2. The molecule has 328 valence electrons. The molecular weight excluding hydrogens is 906 g/mol. The molecule has 7 nitrogen and oxygen atoms in total. The second-order valence-corrected chi connectivity index (χ2v) is 18.8. The van der Waals surface area contributed by atoms with Crippen LogP contribution in [0.25, 0.3) is 109 Å². The Morgan fingerprint density at radius 1 is 0.406 bits per heavy atom. The van der Waals surface area contributed by atoms with Crippen LogP contribution in [-0.2, 0) is 6.42 Å². The Hall–Kier alpha value is -8.21. The van der Waals surface area contributed by atoms with Crippen molar-refractivity contribution in [2.75, 3.05) is 0 Å². The molecule has 5 heterocycles. The fraction of sp³-hybridized carbons (Fsp3) is 0.0169. The highest BCUT2D eigenvalue weighted by Gasteiger charge is 2.18. The summed E-state index contributed by atoms with van der Waals surface area (Å²) in [7, 11) is 0. The van der Waals surface area contributed by atoms with Crippen LogP contribution in [0.4, 0.5) is 0 Å². The molecule has 0 atom stereocenters. The summed E-state index contributed by atoms with van der Waals surface area (Å²) in [6.07, 6.45) is 7.65. The van der Waals surface area contributed by atoms with Crippen molar-refractivity contribution in [2.24, 2.45) is 0 Å². The molecule has 1 aliphatic carbocycles. The van der Waals surface area contributed by atoms with Crippen LogP contribution in [-0.4, -0.2) is 34.5 Å². The number of hydrogen-bond donors (Lipinski definition) is 0. The maximum absolute atomic E-state index is 5.99. The summed E-state index contributed by atoms with van der Waals surface area (Å²) in [5.41, 5.74) is 7.81. The van der Waals surface area contributed by atoms with Crippen LogP contribution in [0.1, 0.15) is 11.1 Å². The van der Waals surface area contributed by atoms with Crippen molar-refractivity contribution < 1.29 is 0 Å². The molecule has 1 aliphatic rings. The van der Waals surface area contributed by atoms with Crippen LogP contribution in [0.15, 0.2) is 212 Å². The van der Waals surface area contributed by atoms with Gasteiger partial charge < -0.3 is 0 Å². The van der Waals surface area contributed by atoms with E-state index in [1.807, 2.05) is 144 Å². The van der Waals surface area contributed by atoms with Gasteiger partial charge in [-0.2, -0.15) is 19.9 Å². The number of thiophene rings is 2. The smallest absolute Gasteiger partial charge is 0.238 e. The Kier molecular flexibility index (Phi) is 11.3. The molecule has 0 saturated heterocycles. The maximum atomic E-state index is 5.99. The Bertz CT molecular complexity index is 3890. The van der Waals surface area contributed by atoms with Gasteiger partial charge in [-0.15, -0.1) is 22.7 Å². The normalized spacial score (nSPS) is 11.7. The minimum atomic E-state index is 0.202. The fourth-order valence-corrected chi connectivity index (χ4v) is 11.5. The van der Waals surface area contributed by atoms with E-state index in [9.17, 15) is 0 Å². The zero-order chi connectivity index (χ0) is 46.1. The molecule has 0 fully saturated rings. The van der Waals surface area contributed by atoms with Gasteiger partial charge in [-0.3, -0.25) is 4.57 Å². The van der Waals surface area contributed by atoms with Gasteiger partial charge in [0.1, 0.15) is 0 Å². The van der Waals surface area contributed by atoms with Crippen molar-refractivity contribution in [2.45, 2.75) is 6.42 Å². The average molecular weight is 945 g/mol. The lowest BCUT2D eigenvalue weighted by Crippen LogP contribution is -2.05. The first-order valence-electron chi connectivity index (χ1n) is 22.5. The SMILES string of the molecule is C1=Cc2ccc3c(sc4ccccc43)c2C1.Clc1nc(-c2ccccc2)nc(-c2ccccc2)n1.c1ccc(-c2nc(-c3ccccc3)nc(-n3ccc4ccc5c6ccccc6sc5c43)n2)cc1. The van der Waals surface area contributed by atoms with Crippen LogP contribution in [0.2, 0.25) is 5.28 Å². The van der Waals surface area contributed by atoms with Gasteiger partial charge in [-0.1, -0.05) is 194 Å². The van der Waals surface area contributed by atoms with Crippen molar-refractivity contribution in [1.29, 1.82) is 0 Å². The molecule has 14 rings (SSSR count). The number of rotatable bonds is 5. The van der Waals surface area contributed by atoms with Crippen molar-refractivity contribution in [3.63, 3.8) is 0 Å². The number of benzene rings is 8. The summed E-state index contributed by atoms with van der Waals surface area (Å²) in [5, 5.41) is 6.73. The van der Waals surface area contributed by atoms with E-state index in [0.29, 0.717) is 29.2 Å². The van der Waals surface area contributed by atoms with Gasteiger partial charge in [0.25, 0.3) is 0 Å². The quantitative estimate of drug-likeness (QED) is 0.171. The van der Waals surface area contributed by atoms with E-state index in [1.54, 1.807) is 0 Å². The van der Waals surface area contributed by atoms with Crippen molar-refractivity contribution in [3.05, 3.63) is 229 Å².